The molecule has 2 aromatic carbocycles. The van der Waals surface area contributed by atoms with E-state index in [9.17, 15) is 35.9 Å². The number of rotatable bonds is 3. The zero-order valence-electron chi connectivity index (χ0n) is 17.1. The molecule has 0 fully saturated rings. The number of anilines is 2. The SMILES string of the molecule is O=C(Nc1ccnc(C(F)(F)F)c1)c1cnn(-c2ccc3c4c(cccc24)C(=O)N3)c1C(F)(F)F. The quantitative estimate of drug-likeness (QED) is 0.382. The summed E-state index contributed by atoms with van der Waals surface area (Å²) in [6.45, 7) is 0. The van der Waals surface area contributed by atoms with Crippen molar-refractivity contribution in [3.8, 4) is 5.69 Å². The Labute approximate surface area is 191 Å². The van der Waals surface area contributed by atoms with Gasteiger partial charge in [-0.3, -0.25) is 14.6 Å². The van der Waals surface area contributed by atoms with Crippen molar-refractivity contribution in [2.45, 2.75) is 12.4 Å². The number of halogens is 6. The van der Waals surface area contributed by atoms with Crippen LogP contribution in [-0.4, -0.2) is 26.6 Å². The predicted molar refractivity (Wildman–Crippen MR) is 111 cm³/mol. The van der Waals surface area contributed by atoms with E-state index in [1.807, 2.05) is 5.32 Å². The fraction of sp³-hybridized carbons (Fsp3) is 0.0909. The molecule has 0 aliphatic carbocycles. The molecule has 0 saturated heterocycles. The van der Waals surface area contributed by atoms with Crippen molar-refractivity contribution in [1.82, 2.24) is 14.8 Å². The number of carbonyl (C=O) groups excluding carboxylic acids is 2. The highest BCUT2D eigenvalue weighted by molar-refractivity contribution is 6.25. The standard InChI is InChI=1S/C22H11F6N5O2/c23-21(24,25)16-8-10(6-7-29-16)31-20(35)13-9-30-33(18(13)22(26,27)28)15-5-4-14-17-11(15)2-1-3-12(17)19(34)32-14/h1-9H,(H,32,34)(H,29,31,35). The molecule has 0 spiro atoms. The van der Waals surface area contributed by atoms with E-state index in [-0.39, 0.29) is 16.6 Å². The third kappa shape index (κ3) is 3.74. The van der Waals surface area contributed by atoms with Crippen LogP contribution in [0.25, 0.3) is 16.5 Å². The van der Waals surface area contributed by atoms with Crippen LogP contribution in [0.15, 0.2) is 54.9 Å². The average Bonchev–Trinajstić information content (AvgIpc) is 3.37. The molecular weight excluding hydrogens is 480 g/mol. The highest BCUT2D eigenvalue weighted by Gasteiger charge is 2.41. The molecule has 2 amide bonds. The zero-order chi connectivity index (χ0) is 25.1. The lowest BCUT2D eigenvalue weighted by Crippen LogP contribution is -2.21. The maximum Gasteiger partial charge on any atom is 0.434 e. The summed E-state index contributed by atoms with van der Waals surface area (Å²) in [6.07, 6.45) is -8.42. The molecule has 2 aromatic heterocycles. The molecule has 4 aromatic rings. The topological polar surface area (TPSA) is 88.9 Å². The Morgan fingerprint density at radius 2 is 1.77 bits per heavy atom. The van der Waals surface area contributed by atoms with Crippen LogP contribution in [-0.2, 0) is 12.4 Å². The summed E-state index contributed by atoms with van der Waals surface area (Å²) >= 11 is 0. The Morgan fingerprint density at radius 1 is 1.00 bits per heavy atom. The largest absolute Gasteiger partial charge is 0.434 e. The van der Waals surface area contributed by atoms with Crippen molar-refractivity contribution in [3.05, 3.63) is 77.4 Å². The molecule has 5 rings (SSSR count). The lowest BCUT2D eigenvalue weighted by atomic mass is 10.0. The van der Waals surface area contributed by atoms with Crippen molar-refractivity contribution < 1.29 is 35.9 Å². The Kier molecular flexibility index (Phi) is 4.83. The lowest BCUT2D eigenvalue weighted by molar-refractivity contribution is -0.143. The first kappa shape index (κ1) is 22.4. The number of nitrogens with one attached hydrogen (secondary N) is 2. The summed E-state index contributed by atoms with van der Waals surface area (Å²) < 4.78 is 81.5. The molecule has 2 N–H and O–H groups in total. The smallest absolute Gasteiger partial charge is 0.322 e. The van der Waals surface area contributed by atoms with Gasteiger partial charge in [-0.05, 0) is 30.3 Å². The fourth-order valence-corrected chi connectivity index (χ4v) is 3.89. The van der Waals surface area contributed by atoms with E-state index in [0.717, 1.165) is 12.3 Å². The molecule has 3 heterocycles. The molecule has 0 radical (unpaired) electrons. The number of pyridine rings is 1. The van der Waals surface area contributed by atoms with Gasteiger partial charge in [0.2, 0.25) is 0 Å². The van der Waals surface area contributed by atoms with Crippen LogP contribution in [0, 0.1) is 0 Å². The van der Waals surface area contributed by atoms with Crippen LogP contribution in [0.2, 0.25) is 0 Å². The highest BCUT2D eigenvalue weighted by atomic mass is 19.4. The van der Waals surface area contributed by atoms with Crippen molar-refractivity contribution in [3.63, 3.8) is 0 Å². The molecule has 178 valence electrons. The summed E-state index contributed by atoms with van der Waals surface area (Å²) in [6, 6.07) is 8.78. The molecule has 0 bridgehead atoms. The molecule has 7 nitrogen and oxygen atoms in total. The molecule has 13 heteroatoms. The van der Waals surface area contributed by atoms with Gasteiger partial charge in [-0.1, -0.05) is 12.1 Å². The minimum absolute atomic E-state index is 0.0447. The first-order valence-corrected chi connectivity index (χ1v) is 9.82. The second kappa shape index (κ2) is 7.55. The summed E-state index contributed by atoms with van der Waals surface area (Å²) in [5.74, 6) is -1.72. The number of alkyl halides is 6. The number of hydrogen-bond donors (Lipinski definition) is 2. The van der Waals surface area contributed by atoms with Gasteiger partial charge in [-0.2, -0.15) is 31.4 Å². The first-order valence-electron chi connectivity index (χ1n) is 9.82. The van der Waals surface area contributed by atoms with Gasteiger partial charge in [-0.15, -0.1) is 0 Å². The van der Waals surface area contributed by atoms with Gasteiger partial charge in [0.1, 0.15) is 5.69 Å². The van der Waals surface area contributed by atoms with Crippen molar-refractivity contribution in [2.24, 2.45) is 0 Å². The molecule has 35 heavy (non-hydrogen) atoms. The average molecular weight is 491 g/mol. The minimum atomic E-state index is -5.06. The Balaban J connectivity index is 1.61. The summed E-state index contributed by atoms with van der Waals surface area (Å²) in [5.41, 5.74) is -3.40. The van der Waals surface area contributed by atoms with E-state index in [0.29, 0.717) is 28.0 Å². The molecule has 0 unspecified atom stereocenters. The second-order valence-electron chi connectivity index (χ2n) is 7.51. The molecule has 1 aliphatic heterocycles. The number of benzene rings is 2. The molecule has 1 aliphatic rings. The van der Waals surface area contributed by atoms with Crippen molar-refractivity contribution in [2.75, 3.05) is 10.6 Å². The third-order valence-corrected chi connectivity index (χ3v) is 5.33. The zero-order valence-corrected chi connectivity index (χ0v) is 17.1. The fourth-order valence-electron chi connectivity index (χ4n) is 3.89. The maximum atomic E-state index is 14.1. The van der Waals surface area contributed by atoms with Crippen molar-refractivity contribution >= 4 is 34.0 Å². The number of nitrogens with zero attached hydrogens (tertiary/aromatic N) is 3. The van der Waals surface area contributed by atoms with Gasteiger partial charge < -0.3 is 10.6 Å². The van der Waals surface area contributed by atoms with Gasteiger partial charge in [0.25, 0.3) is 11.8 Å². The van der Waals surface area contributed by atoms with Crippen LogP contribution in [0.3, 0.4) is 0 Å². The van der Waals surface area contributed by atoms with Crippen LogP contribution < -0.4 is 10.6 Å². The minimum Gasteiger partial charge on any atom is -0.322 e. The number of aromatic nitrogens is 3. The number of amides is 2. The van der Waals surface area contributed by atoms with Gasteiger partial charge in [0, 0.05) is 33.9 Å². The van der Waals surface area contributed by atoms with Crippen LogP contribution >= 0.6 is 0 Å². The number of hydrogen-bond acceptors (Lipinski definition) is 4. The summed E-state index contributed by atoms with van der Waals surface area (Å²) in [7, 11) is 0. The first-order chi connectivity index (χ1) is 16.4. The van der Waals surface area contributed by atoms with Gasteiger partial charge in [0.05, 0.1) is 17.4 Å². The predicted octanol–water partition coefficient (Wildman–Crippen LogP) is 5.28. The monoisotopic (exact) mass is 491 g/mol. The molecule has 0 saturated carbocycles. The summed E-state index contributed by atoms with van der Waals surface area (Å²) in [4.78, 5) is 28.0. The van der Waals surface area contributed by atoms with Gasteiger partial charge in [-0.25, -0.2) is 4.68 Å². The van der Waals surface area contributed by atoms with E-state index in [1.165, 1.54) is 30.3 Å². The Morgan fingerprint density at radius 3 is 2.49 bits per heavy atom. The van der Waals surface area contributed by atoms with Gasteiger partial charge in [0.15, 0.2) is 5.69 Å². The molecule has 0 atom stereocenters. The van der Waals surface area contributed by atoms with Crippen LogP contribution in [0.1, 0.15) is 32.1 Å². The Bertz CT molecular complexity index is 1520. The number of carbonyl (C=O) groups is 2. The van der Waals surface area contributed by atoms with Crippen LogP contribution in [0.4, 0.5) is 37.7 Å². The normalized spacial score (nSPS) is 13.3. The van der Waals surface area contributed by atoms with Gasteiger partial charge >= 0.3 is 12.4 Å². The van der Waals surface area contributed by atoms with Crippen LogP contribution in [0.5, 0.6) is 0 Å². The maximum absolute atomic E-state index is 14.1. The second-order valence-corrected chi connectivity index (χ2v) is 7.51. The summed E-state index contributed by atoms with van der Waals surface area (Å²) in [5, 5.41) is 9.10. The molecular formula is C22H11F6N5O2. The third-order valence-electron chi connectivity index (χ3n) is 5.33. The Hall–Kier alpha value is -4.42. The van der Waals surface area contributed by atoms with E-state index < -0.39 is 46.8 Å². The van der Waals surface area contributed by atoms with E-state index in [2.05, 4.69) is 15.4 Å². The van der Waals surface area contributed by atoms with Crippen molar-refractivity contribution in [1.29, 1.82) is 0 Å². The lowest BCUT2D eigenvalue weighted by Gasteiger charge is -2.15. The van der Waals surface area contributed by atoms with E-state index >= 15 is 0 Å². The van der Waals surface area contributed by atoms with E-state index in [1.54, 1.807) is 0 Å². The van der Waals surface area contributed by atoms with E-state index in [4.69, 9.17) is 0 Å². The highest BCUT2D eigenvalue weighted by Crippen LogP contribution is 2.39.